The number of ether oxygens (including phenoxy) is 3. The minimum atomic E-state index is -0.913. The van der Waals surface area contributed by atoms with E-state index in [-0.39, 0.29) is 63.2 Å². The molecule has 14 heteroatoms. The first-order valence-corrected chi connectivity index (χ1v) is 12.7. The van der Waals surface area contributed by atoms with Crippen LogP contribution in [0.4, 0.5) is 29.7 Å². The molecule has 12 nitrogen and oxygen atoms in total. The summed E-state index contributed by atoms with van der Waals surface area (Å²) in [4.78, 5) is 56.7. The number of nitrogens with one attached hydrogen (secondary N) is 1. The molecule has 0 bridgehead atoms. The summed E-state index contributed by atoms with van der Waals surface area (Å²) < 4.78 is 44.9. The average Bonchev–Trinajstić information content (AvgIpc) is 3.32. The molecule has 2 fully saturated rings. The molecule has 2 atom stereocenters. The predicted molar refractivity (Wildman–Crippen MR) is 137 cm³/mol. The lowest BCUT2D eigenvalue weighted by Gasteiger charge is -2.37. The molecule has 0 radical (unpaired) electrons. The van der Waals surface area contributed by atoms with Crippen molar-refractivity contribution in [2.75, 3.05) is 55.7 Å². The highest BCUT2D eigenvalue weighted by molar-refractivity contribution is 5.97. The molecule has 0 saturated carbocycles. The summed E-state index contributed by atoms with van der Waals surface area (Å²) in [7, 11) is 0. The van der Waals surface area contributed by atoms with Crippen LogP contribution in [0.25, 0.3) is 0 Å². The molecule has 40 heavy (non-hydrogen) atoms. The van der Waals surface area contributed by atoms with Gasteiger partial charge in [0.1, 0.15) is 18.3 Å². The fraction of sp³-hybridized carbons (Fsp3) is 0.423. The molecule has 214 valence electrons. The summed E-state index contributed by atoms with van der Waals surface area (Å²) >= 11 is 0. The van der Waals surface area contributed by atoms with Crippen molar-refractivity contribution in [1.29, 1.82) is 0 Å². The van der Waals surface area contributed by atoms with Crippen LogP contribution in [0.15, 0.2) is 36.7 Å². The highest BCUT2D eigenvalue weighted by Crippen LogP contribution is 2.31. The van der Waals surface area contributed by atoms with Crippen LogP contribution in [0.5, 0.6) is 0 Å². The maximum atomic E-state index is 15.1. The van der Waals surface area contributed by atoms with Crippen LogP contribution in [-0.4, -0.2) is 92.0 Å². The normalized spacial score (nSPS) is 17.8. The third-order valence-corrected chi connectivity index (χ3v) is 6.39. The summed E-state index contributed by atoms with van der Waals surface area (Å²) in [6, 6.07) is 4.45. The van der Waals surface area contributed by atoms with Crippen molar-refractivity contribution in [3.8, 4) is 0 Å². The minimum absolute atomic E-state index is 0.0469. The summed E-state index contributed by atoms with van der Waals surface area (Å²) in [5, 5.41) is 2.64. The molecule has 3 amide bonds. The summed E-state index contributed by atoms with van der Waals surface area (Å²) in [6.45, 7) is 3.64. The Bertz CT molecular complexity index is 1230. The van der Waals surface area contributed by atoms with Crippen molar-refractivity contribution >= 4 is 35.4 Å². The van der Waals surface area contributed by atoms with Gasteiger partial charge in [0.2, 0.25) is 5.91 Å². The Morgan fingerprint density at radius 1 is 1.15 bits per heavy atom. The second kappa shape index (κ2) is 12.6. The van der Waals surface area contributed by atoms with E-state index in [0.717, 1.165) is 17.0 Å². The first-order valence-electron chi connectivity index (χ1n) is 12.7. The van der Waals surface area contributed by atoms with Gasteiger partial charge in [-0.15, -0.1) is 0 Å². The van der Waals surface area contributed by atoms with Gasteiger partial charge in [-0.2, -0.15) is 0 Å². The van der Waals surface area contributed by atoms with Gasteiger partial charge in [0.25, 0.3) is 5.91 Å². The molecule has 1 N–H and O–H groups in total. The Kier molecular flexibility index (Phi) is 8.97. The fourth-order valence-corrected chi connectivity index (χ4v) is 4.41. The van der Waals surface area contributed by atoms with Gasteiger partial charge in [-0.1, -0.05) is 0 Å². The molecule has 2 aliphatic rings. The third-order valence-electron chi connectivity index (χ3n) is 6.39. The molecule has 4 rings (SSSR count). The Labute approximate surface area is 228 Å². The highest BCUT2D eigenvalue weighted by atomic mass is 19.1. The van der Waals surface area contributed by atoms with Gasteiger partial charge in [-0.25, -0.2) is 18.4 Å². The van der Waals surface area contributed by atoms with Gasteiger partial charge in [0, 0.05) is 50.7 Å². The van der Waals surface area contributed by atoms with Crippen molar-refractivity contribution in [2.45, 2.75) is 26.0 Å². The lowest BCUT2D eigenvalue weighted by Crippen LogP contribution is -2.54. The van der Waals surface area contributed by atoms with Crippen molar-refractivity contribution < 1.29 is 42.2 Å². The zero-order valence-electron chi connectivity index (χ0n) is 22.0. The molecule has 2 saturated heterocycles. The van der Waals surface area contributed by atoms with Crippen LogP contribution in [0.2, 0.25) is 0 Å². The quantitative estimate of drug-likeness (QED) is 0.483. The van der Waals surface area contributed by atoms with Gasteiger partial charge >= 0.3 is 12.2 Å². The lowest BCUT2D eigenvalue weighted by molar-refractivity contribution is -0.133. The van der Waals surface area contributed by atoms with E-state index < -0.39 is 41.9 Å². The smallest absolute Gasteiger partial charge is 0.440 e. The number of carbonyl (C=O) groups excluding carboxylic acids is 4. The number of hydrogen-bond donors (Lipinski definition) is 1. The van der Waals surface area contributed by atoms with Crippen molar-refractivity contribution in [3.63, 3.8) is 0 Å². The Hall–Kier alpha value is -4.49. The Morgan fingerprint density at radius 3 is 2.48 bits per heavy atom. The Balaban J connectivity index is 1.33. The standard InChI is InChI=1S/C26H29F2N5O7/c1-3-38-26(37)39-15-19-14-33(25(36)40-19)18-11-20(27)22(21(28)12-18)31-7-9-32(10-8-31)24(35)16(2)30-23(34)17-5-4-6-29-13-17/h4-6,11-13,16,19H,3,7-10,14-15H2,1-2H3,(H,30,34). The number of anilines is 2. The summed E-state index contributed by atoms with van der Waals surface area (Å²) in [5.41, 5.74) is 0.00186. The van der Waals surface area contributed by atoms with E-state index in [2.05, 4.69) is 15.0 Å². The maximum Gasteiger partial charge on any atom is 0.508 e. The van der Waals surface area contributed by atoms with Gasteiger partial charge in [0.05, 0.1) is 24.4 Å². The van der Waals surface area contributed by atoms with E-state index in [9.17, 15) is 19.2 Å². The molecule has 1 aromatic heterocycles. The number of piperazine rings is 1. The number of cyclic esters (lactones) is 1. The monoisotopic (exact) mass is 561 g/mol. The highest BCUT2D eigenvalue weighted by Gasteiger charge is 2.35. The van der Waals surface area contributed by atoms with Crippen LogP contribution < -0.4 is 15.1 Å². The van der Waals surface area contributed by atoms with Crippen LogP contribution in [0.1, 0.15) is 24.2 Å². The van der Waals surface area contributed by atoms with Gasteiger partial charge < -0.3 is 29.3 Å². The maximum absolute atomic E-state index is 15.1. The summed E-state index contributed by atoms with van der Waals surface area (Å²) in [6.07, 6.45) is 0.354. The molecule has 2 aliphatic heterocycles. The SMILES string of the molecule is CCOC(=O)OCC1CN(c2cc(F)c(N3CCN(C(=O)C(C)NC(=O)c4cccnc4)CC3)c(F)c2)C(=O)O1. The van der Waals surface area contributed by atoms with E-state index in [4.69, 9.17) is 9.47 Å². The van der Waals surface area contributed by atoms with E-state index >= 15 is 8.78 Å². The first kappa shape index (κ1) is 28.5. The van der Waals surface area contributed by atoms with Crippen LogP contribution in [0.3, 0.4) is 0 Å². The van der Waals surface area contributed by atoms with Gasteiger partial charge in [0.15, 0.2) is 17.7 Å². The second-order valence-electron chi connectivity index (χ2n) is 9.12. The van der Waals surface area contributed by atoms with E-state index in [0.29, 0.717) is 5.56 Å². The zero-order valence-corrected chi connectivity index (χ0v) is 22.0. The van der Waals surface area contributed by atoms with E-state index in [1.165, 1.54) is 22.2 Å². The van der Waals surface area contributed by atoms with Crippen molar-refractivity contribution in [1.82, 2.24) is 15.2 Å². The molecular weight excluding hydrogens is 532 g/mol. The topological polar surface area (TPSA) is 131 Å². The van der Waals surface area contributed by atoms with Crippen LogP contribution in [0, 0.1) is 11.6 Å². The lowest BCUT2D eigenvalue weighted by atomic mass is 10.1. The number of carbonyl (C=O) groups is 4. The van der Waals surface area contributed by atoms with Crippen molar-refractivity contribution in [2.24, 2.45) is 0 Å². The predicted octanol–water partition coefficient (Wildman–Crippen LogP) is 2.33. The minimum Gasteiger partial charge on any atom is -0.440 e. The molecule has 0 spiro atoms. The zero-order chi connectivity index (χ0) is 28.8. The average molecular weight is 562 g/mol. The number of amides is 3. The summed E-state index contributed by atoms with van der Waals surface area (Å²) in [5.74, 6) is -2.52. The van der Waals surface area contributed by atoms with Crippen LogP contribution in [-0.2, 0) is 19.0 Å². The molecule has 2 unspecified atom stereocenters. The van der Waals surface area contributed by atoms with E-state index in [1.807, 2.05) is 0 Å². The molecule has 2 aromatic rings. The molecule has 3 heterocycles. The number of halogens is 2. The van der Waals surface area contributed by atoms with Crippen molar-refractivity contribution in [3.05, 3.63) is 53.9 Å². The molecule has 0 aliphatic carbocycles. The largest absolute Gasteiger partial charge is 0.508 e. The molecule has 1 aromatic carbocycles. The third kappa shape index (κ3) is 6.55. The first-order chi connectivity index (χ1) is 19.2. The molecular formula is C26H29F2N5O7. The van der Waals surface area contributed by atoms with Crippen LogP contribution >= 0.6 is 0 Å². The number of nitrogens with zero attached hydrogens (tertiary/aromatic N) is 4. The number of hydrogen-bond acceptors (Lipinski definition) is 9. The fourth-order valence-electron chi connectivity index (χ4n) is 4.41. The van der Waals surface area contributed by atoms with Gasteiger partial charge in [-0.3, -0.25) is 19.5 Å². The number of rotatable bonds is 8. The number of benzene rings is 1. The van der Waals surface area contributed by atoms with E-state index in [1.54, 1.807) is 26.0 Å². The number of pyridine rings is 1. The second-order valence-corrected chi connectivity index (χ2v) is 9.12. The number of aromatic nitrogens is 1. The van der Waals surface area contributed by atoms with Gasteiger partial charge in [-0.05, 0) is 26.0 Å². The Morgan fingerprint density at radius 2 is 1.85 bits per heavy atom.